The van der Waals surface area contributed by atoms with E-state index in [1.807, 2.05) is 0 Å². The first kappa shape index (κ1) is 55.1. The average Bonchev–Trinajstić information content (AvgIpc) is 3.18. The van der Waals surface area contributed by atoms with Crippen LogP contribution in [0.5, 0.6) is 0 Å². The Morgan fingerprint density at radius 2 is 1.04 bits per heavy atom. The van der Waals surface area contributed by atoms with E-state index in [2.05, 4.69) is 18.4 Å². The van der Waals surface area contributed by atoms with Crippen LogP contribution in [-0.2, 0) is 37.5 Å². The number of phosphoric ester groups is 1. The predicted molar refractivity (Wildman–Crippen MR) is 221 cm³/mol. The summed E-state index contributed by atoms with van der Waals surface area (Å²) in [6.07, 6.45) is 24.9. The number of nitrogens with two attached hydrogens (primary N) is 1. The summed E-state index contributed by atoms with van der Waals surface area (Å²) < 4.78 is 32.6. The largest absolute Gasteiger partial charge is 0.480 e. The van der Waals surface area contributed by atoms with Gasteiger partial charge < -0.3 is 40.5 Å². The van der Waals surface area contributed by atoms with Gasteiger partial charge in [-0.05, 0) is 25.7 Å². The first-order chi connectivity index (χ1) is 27.3. The maximum Gasteiger partial charge on any atom is 0.472 e. The lowest BCUT2D eigenvalue weighted by Crippen LogP contribution is -2.34. The number of unbranched alkanes of at least 4 members (excludes halogenated alkanes) is 20. The number of rotatable bonds is 41. The van der Waals surface area contributed by atoms with E-state index in [-0.39, 0.29) is 12.8 Å². The van der Waals surface area contributed by atoms with E-state index in [0.29, 0.717) is 32.1 Å². The van der Waals surface area contributed by atoms with Crippen LogP contribution in [0.4, 0.5) is 0 Å². The topological polar surface area (TPSA) is 232 Å². The number of aliphatic hydroxyl groups is 3. The Balaban J connectivity index is 4.50. The standard InChI is InChI=1S/C42H80NO13P/c1-3-5-7-8-9-10-11-12-13-14-15-16-17-20-24-28-40(47)53-32-36(33-54-57(51,52)55-34-37(43)42(49)50)56-41(48)29-25-21-18-19-23-26-35(44)30-31-39(46)38(45)27-22-6-4-2/h30-31,35-39,44-46H,3-29,32-34,43H2,1-2H3,(H,49,50)(H,51,52)/b31-30+. The minimum atomic E-state index is -4.76. The van der Waals surface area contributed by atoms with Gasteiger partial charge in [0.1, 0.15) is 12.6 Å². The SMILES string of the molecule is CCCCCCCCCCCCCCCCCC(=O)OCC(COP(=O)(O)OCC(N)C(=O)O)OC(=O)CCCCCCCC(O)/C=C/C(O)C(O)CCCCC. The summed E-state index contributed by atoms with van der Waals surface area (Å²) in [7, 11) is -4.76. The van der Waals surface area contributed by atoms with Crippen LogP contribution >= 0.6 is 7.82 Å². The molecule has 0 fully saturated rings. The number of phosphoric acid groups is 1. The van der Waals surface area contributed by atoms with Gasteiger partial charge in [-0.3, -0.25) is 23.4 Å². The molecule has 7 N–H and O–H groups in total. The van der Waals surface area contributed by atoms with Crippen LogP contribution in [0.1, 0.15) is 187 Å². The number of ether oxygens (including phenoxy) is 2. The number of carbonyl (C=O) groups is 3. The number of hydrogen-bond donors (Lipinski definition) is 6. The van der Waals surface area contributed by atoms with Gasteiger partial charge in [0.25, 0.3) is 0 Å². The molecule has 0 aliphatic rings. The van der Waals surface area contributed by atoms with Crippen molar-refractivity contribution in [3.8, 4) is 0 Å². The van der Waals surface area contributed by atoms with Gasteiger partial charge in [-0.2, -0.15) is 0 Å². The number of aliphatic hydroxyl groups excluding tert-OH is 3. The summed E-state index contributed by atoms with van der Waals surface area (Å²) in [6, 6.07) is -1.55. The maximum atomic E-state index is 12.6. The summed E-state index contributed by atoms with van der Waals surface area (Å²) in [5, 5.41) is 39.1. The molecule has 0 aromatic heterocycles. The minimum absolute atomic E-state index is 0.0498. The third kappa shape index (κ3) is 35.7. The fourth-order valence-electron chi connectivity index (χ4n) is 6.11. The quantitative estimate of drug-likeness (QED) is 0.0148. The second-order valence-electron chi connectivity index (χ2n) is 15.3. The molecule has 0 aliphatic carbocycles. The van der Waals surface area contributed by atoms with E-state index < -0.39 is 76.0 Å². The van der Waals surface area contributed by atoms with Crippen LogP contribution in [0.3, 0.4) is 0 Å². The second kappa shape index (κ2) is 37.1. The summed E-state index contributed by atoms with van der Waals surface area (Å²) in [4.78, 5) is 45.9. The fourth-order valence-corrected chi connectivity index (χ4v) is 6.89. The average molecular weight is 838 g/mol. The monoisotopic (exact) mass is 838 g/mol. The van der Waals surface area contributed by atoms with Crippen molar-refractivity contribution in [3.63, 3.8) is 0 Å². The lowest BCUT2D eigenvalue weighted by molar-refractivity contribution is -0.161. The molecule has 0 aromatic rings. The molecule has 0 bridgehead atoms. The normalized spacial score (nSPS) is 15.5. The highest BCUT2D eigenvalue weighted by Gasteiger charge is 2.28. The highest BCUT2D eigenvalue weighted by molar-refractivity contribution is 7.47. The van der Waals surface area contributed by atoms with Gasteiger partial charge in [-0.1, -0.05) is 161 Å². The molecule has 0 amide bonds. The summed E-state index contributed by atoms with van der Waals surface area (Å²) in [5.41, 5.74) is 5.32. The molecule has 0 radical (unpaired) electrons. The van der Waals surface area contributed by atoms with Gasteiger partial charge in [0, 0.05) is 12.8 Å². The van der Waals surface area contributed by atoms with Gasteiger partial charge in [-0.25, -0.2) is 4.57 Å². The molecule has 6 atom stereocenters. The minimum Gasteiger partial charge on any atom is -0.480 e. The number of carboxylic acid groups (broad SMARTS) is 1. The van der Waals surface area contributed by atoms with Gasteiger partial charge in [-0.15, -0.1) is 0 Å². The summed E-state index contributed by atoms with van der Waals surface area (Å²) in [5.74, 6) is -2.53. The van der Waals surface area contributed by atoms with Gasteiger partial charge in [0.05, 0.1) is 31.5 Å². The summed E-state index contributed by atoms with van der Waals surface area (Å²) in [6.45, 7) is 2.48. The zero-order chi connectivity index (χ0) is 42.6. The first-order valence-electron chi connectivity index (χ1n) is 22.0. The Hall–Kier alpha value is -1.90. The van der Waals surface area contributed by atoms with E-state index in [9.17, 15) is 39.2 Å². The van der Waals surface area contributed by atoms with Crippen LogP contribution in [-0.4, -0.2) is 93.5 Å². The number of aliphatic carboxylic acids is 1. The fraction of sp³-hybridized carbons (Fsp3) is 0.881. The Kier molecular flexibility index (Phi) is 35.9. The van der Waals surface area contributed by atoms with E-state index in [4.69, 9.17) is 24.8 Å². The number of esters is 2. The van der Waals surface area contributed by atoms with Crippen LogP contribution < -0.4 is 5.73 Å². The van der Waals surface area contributed by atoms with E-state index >= 15 is 0 Å². The Labute approximate surface area is 343 Å². The van der Waals surface area contributed by atoms with Crippen LogP contribution in [0, 0.1) is 0 Å². The first-order valence-corrected chi connectivity index (χ1v) is 23.5. The molecular weight excluding hydrogens is 757 g/mol. The third-order valence-electron chi connectivity index (χ3n) is 9.78. The molecule has 0 saturated heterocycles. The second-order valence-corrected chi connectivity index (χ2v) is 16.8. The van der Waals surface area contributed by atoms with Crippen molar-refractivity contribution in [1.29, 1.82) is 0 Å². The molecule has 0 rings (SSSR count). The molecule has 14 nitrogen and oxygen atoms in total. The molecule has 0 saturated carbocycles. The van der Waals surface area contributed by atoms with Crippen molar-refractivity contribution < 1.29 is 62.8 Å². The molecule has 57 heavy (non-hydrogen) atoms. The zero-order valence-electron chi connectivity index (χ0n) is 35.3. The lowest BCUT2D eigenvalue weighted by atomic mass is 10.0. The van der Waals surface area contributed by atoms with E-state index in [0.717, 1.165) is 57.8 Å². The number of carbonyl (C=O) groups excluding carboxylic acids is 2. The zero-order valence-corrected chi connectivity index (χ0v) is 36.2. The predicted octanol–water partition coefficient (Wildman–Crippen LogP) is 8.20. The molecule has 0 aliphatic heterocycles. The third-order valence-corrected chi connectivity index (χ3v) is 10.7. The van der Waals surface area contributed by atoms with Gasteiger partial charge >= 0.3 is 25.7 Å². The highest BCUT2D eigenvalue weighted by atomic mass is 31.2. The Morgan fingerprint density at radius 1 is 0.596 bits per heavy atom. The molecule has 0 spiro atoms. The smallest absolute Gasteiger partial charge is 0.472 e. The Bertz CT molecular complexity index is 1080. The number of hydrogen-bond acceptors (Lipinski definition) is 12. The molecule has 0 aromatic carbocycles. The van der Waals surface area contributed by atoms with Gasteiger partial charge in [0.2, 0.25) is 0 Å². The summed E-state index contributed by atoms with van der Waals surface area (Å²) >= 11 is 0. The van der Waals surface area contributed by atoms with Crippen LogP contribution in [0.2, 0.25) is 0 Å². The van der Waals surface area contributed by atoms with Crippen molar-refractivity contribution in [2.75, 3.05) is 19.8 Å². The molecule has 6 unspecified atom stereocenters. The van der Waals surface area contributed by atoms with Crippen LogP contribution in [0.15, 0.2) is 12.2 Å². The molecule has 15 heteroatoms. The number of carboxylic acids is 1. The molecule has 336 valence electrons. The van der Waals surface area contributed by atoms with Crippen molar-refractivity contribution in [3.05, 3.63) is 12.2 Å². The Morgan fingerprint density at radius 3 is 1.56 bits per heavy atom. The van der Waals surface area contributed by atoms with Crippen LogP contribution in [0.25, 0.3) is 0 Å². The van der Waals surface area contributed by atoms with Crippen molar-refractivity contribution in [2.45, 2.75) is 218 Å². The molecule has 0 heterocycles. The van der Waals surface area contributed by atoms with Crippen molar-refractivity contribution in [2.24, 2.45) is 5.73 Å². The highest BCUT2D eigenvalue weighted by Crippen LogP contribution is 2.43. The maximum absolute atomic E-state index is 12.6. The van der Waals surface area contributed by atoms with E-state index in [1.54, 1.807) is 0 Å². The van der Waals surface area contributed by atoms with Crippen molar-refractivity contribution in [1.82, 2.24) is 0 Å². The van der Waals surface area contributed by atoms with Gasteiger partial charge in [0.15, 0.2) is 6.10 Å². The van der Waals surface area contributed by atoms with Crippen molar-refractivity contribution >= 4 is 25.7 Å². The lowest BCUT2D eigenvalue weighted by Gasteiger charge is -2.20. The van der Waals surface area contributed by atoms with E-state index in [1.165, 1.54) is 82.8 Å². The molecular formula is C42H80NO13P.